The molecule has 0 aliphatic carbocycles. The molecular formula is C13H11N5O2. The van der Waals surface area contributed by atoms with E-state index in [4.69, 9.17) is 5.73 Å². The lowest BCUT2D eigenvalue weighted by molar-refractivity contribution is 0.0879. The Balaban J connectivity index is 1.97. The number of anilines is 3. The maximum atomic E-state index is 11.6. The third-order valence-electron chi connectivity index (χ3n) is 3.12. The number of fused-ring (bicyclic) bond motifs is 1. The summed E-state index contributed by atoms with van der Waals surface area (Å²) in [7, 11) is 0. The van der Waals surface area contributed by atoms with Crippen molar-refractivity contribution in [2.45, 2.75) is 6.92 Å². The molecule has 0 atom stereocenters. The highest BCUT2D eigenvalue weighted by atomic mass is 16.2. The van der Waals surface area contributed by atoms with Crippen LogP contribution in [-0.4, -0.2) is 21.8 Å². The van der Waals surface area contributed by atoms with Gasteiger partial charge in [-0.05, 0) is 25.1 Å². The molecule has 0 fully saturated rings. The predicted molar refractivity (Wildman–Crippen MR) is 72.7 cm³/mol. The smallest absolute Gasteiger partial charge is 0.259 e. The van der Waals surface area contributed by atoms with Gasteiger partial charge in [0.1, 0.15) is 18.0 Å². The largest absolute Gasteiger partial charge is 0.383 e. The Morgan fingerprint density at radius 3 is 2.70 bits per heavy atom. The number of benzene rings is 1. The number of hydrogen-bond acceptors (Lipinski definition) is 6. The van der Waals surface area contributed by atoms with Gasteiger partial charge < -0.3 is 11.1 Å². The summed E-state index contributed by atoms with van der Waals surface area (Å²) in [6.45, 7) is 1.79. The molecule has 2 heterocycles. The van der Waals surface area contributed by atoms with Gasteiger partial charge in [0, 0.05) is 11.3 Å². The van der Waals surface area contributed by atoms with E-state index >= 15 is 0 Å². The van der Waals surface area contributed by atoms with Gasteiger partial charge in [0.25, 0.3) is 11.8 Å². The van der Waals surface area contributed by atoms with Crippen molar-refractivity contribution < 1.29 is 9.59 Å². The van der Waals surface area contributed by atoms with Crippen LogP contribution in [0.1, 0.15) is 26.3 Å². The number of hydrogen-bond donors (Lipinski definition) is 3. The molecule has 0 saturated heterocycles. The number of carbonyl (C=O) groups is 2. The fourth-order valence-corrected chi connectivity index (χ4v) is 1.97. The Morgan fingerprint density at radius 1 is 1.15 bits per heavy atom. The molecule has 2 aromatic rings. The van der Waals surface area contributed by atoms with Crippen LogP contribution in [0, 0.1) is 6.92 Å². The third-order valence-corrected chi connectivity index (χ3v) is 3.12. The van der Waals surface area contributed by atoms with Crippen LogP contribution in [0.15, 0.2) is 24.5 Å². The van der Waals surface area contributed by atoms with Crippen molar-refractivity contribution in [3.63, 3.8) is 0 Å². The van der Waals surface area contributed by atoms with Gasteiger partial charge in [-0.25, -0.2) is 9.97 Å². The minimum atomic E-state index is -0.396. The Morgan fingerprint density at radius 2 is 1.90 bits per heavy atom. The first kappa shape index (κ1) is 12.1. The second kappa shape index (κ2) is 4.30. The molecule has 1 aromatic heterocycles. The predicted octanol–water partition coefficient (Wildman–Crippen LogP) is 0.994. The number of aromatic nitrogens is 2. The zero-order valence-electron chi connectivity index (χ0n) is 10.6. The average molecular weight is 269 g/mol. The van der Waals surface area contributed by atoms with Crippen LogP contribution in [0.2, 0.25) is 0 Å². The highest BCUT2D eigenvalue weighted by Gasteiger charge is 2.26. The maximum absolute atomic E-state index is 11.6. The fraction of sp³-hybridized carbons (Fsp3) is 0.0769. The van der Waals surface area contributed by atoms with Gasteiger partial charge in [-0.1, -0.05) is 0 Å². The Labute approximate surface area is 114 Å². The molecule has 7 heteroatoms. The van der Waals surface area contributed by atoms with Crippen molar-refractivity contribution in [2.75, 3.05) is 11.1 Å². The van der Waals surface area contributed by atoms with Crippen molar-refractivity contribution in [3.05, 3.63) is 41.2 Å². The zero-order valence-corrected chi connectivity index (χ0v) is 10.6. The summed E-state index contributed by atoms with van der Waals surface area (Å²) in [6.07, 6.45) is 1.36. The van der Waals surface area contributed by atoms with Gasteiger partial charge in [0.15, 0.2) is 0 Å². The summed E-state index contributed by atoms with van der Waals surface area (Å²) in [5, 5.41) is 5.30. The van der Waals surface area contributed by atoms with E-state index in [0.29, 0.717) is 34.0 Å². The highest BCUT2D eigenvalue weighted by Crippen LogP contribution is 2.24. The van der Waals surface area contributed by atoms with E-state index in [0.717, 1.165) is 0 Å². The normalized spacial score (nSPS) is 13.1. The summed E-state index contributed by atoms with van der Waals surface area (Å²) in [5.74, 6) is 0.172. The van der Waals surface area contributed by atoms with Crippen molar-refractivity contribution in [2.24, 2.45) is 0 Å². The first-order valence-corrected chi connectivity index (χ1v) is 5.90. The zero-order chi connectivity index (χ0) is 14.3. The SMILES string of the molecule is Cc1c(N)ncnc1Nc1ccc2c(c1)C(=O)NC2=O. The van der Waals surface area contributed by atoms with Gasteiger partial charge in [-0.2, -0.15) is 0 Å². The van der Waals surface area contributed by atoms with E-state index in [1.807, 2.05) is 0 Å². The summed E-state index contributed by atoms with van der Waals surface area (Å²) in [4.78, 5) is 31.0. The number of nitrogen functional groups attached to an aromatic ring is 1. The van der Waals surface area contributed by atoms with Gasteiger partial charge in [-0.3, -0.25) is 14.9 Å². The minimum absolute atomic E-state index is 0.347. The number of carbonyl (C=O) groups excluding carboxylic acids is 2. The fourth-order valence-electron chi connectivity index (χ4n) is 1.97. The molecule has 0 radical (unpaired) electrons. The quantitative estimate of drug-likeness (QED) is 0.701. The lowest BCUT2D eigenvalue weighted by Crippen LogP contribution is -2.19. The summed E-state index contributed by atoms with van der Waals surface area (Å²) < 4.78 is 0. The molecule has 1 aliphatic heterocycles. The van der Waals surface area contributed by atoms with Gasteiger partial charge in [0.05, 0.1) is 11.1 Å². The molecule has 1 aromatic carbocycles. The number of nitrogens with zero attached hydrogens (tertiary/aromatic N) is 2. The molecule has 0 saturated carbocycles. The van der Waals surface area contributed by atoms with E-state index in [-0.39, 0.29) is 5.91 Å². The molecule has 0 bridgehead atoms. The van der Waals surface area contributed by atoms with Crippen LogP contribution in [0.4, 0.5) is 17.3 Å². The lowest BCUT2D eigenvalue weighted by atomic mass is 10.1. The van der Waals surface area contributed by atoms with E-state index < -0.39 is 5.91 Å². The van der Waals surface area contributed by atoms with Crippen LogP contribution in [-0.2, 0) is 0 Å². The van der Waals surface area contributed by atoms with Crippen molar-refractivity contribution in [1.29, 1.82) is 0 Å². The molecule has 3 rings (SSSR count). The van der Waals surface area contributed by atoms with Crippen LogP contribution in [0.3, 0.4) is 0 Å². The molecular weight excluding hydrogens is 258 g/mol. The van der Waals surface area contributed by atoms with E-state index in [9.17, 15) is 9.59 Å². The first-order chi connectivity index (χ1) is 9.56. The van der Waals surface area contributed by atoms with Crippen LogP contribution in [0.5, 0.6) is 0 Å². The number of amides is 2. The van der Waals surface area contributed by atoms with Gasteiger partial charge in [0.2, 0.25) is 0 Å². The van der Waals surface area contributed by atoms with Crippen LogP contribution >= 0.6 is 0 Å². The second-order valence-corrected chi connectivity index (χ2v) is 4.40. The molecule has 2 amide bonds. The van der Waals surface area contributed by atoms with Crippen molar-refractivity contribution in [1.82, 2.24) is 15.3 Å². The summed E-state index contributed by atoms with van der Waals surface area (Å²) in [6, 6.07) is 4.90. The molecule has 100 valence electrons. The van der Waals surface area contributed by atoms with Crippen molar-refractivity contribution >= 4 is 29.1 Å². The van der Waals surface area contributed by atoms with Crippen molar-refractivity contribution in [3.8, 4) is 0 Å². The molecule has 0 unspecified atom stereocenters. The monoisotopic (exact) mass is 269 g/mol. The van der Waals surface area contributed by atoms with Gasteiger partial charge >= 0.3 is 0 Å². The molecule has 4 N–H and O–H groups in total. The topological polar surface area (TPSA) is 110 Å². The van der Waals surface area contributed by atoms with E-state index in [2.05, 4.69) is 20.6 Å². The number of rotatable bonds is 2. The van der Waals surface area contributed by atoms with Crippen LogP contribution < -0.4 is 16.4 Å². The Bertz CT molecular complexity index is 742. The van der Waals surface area contributed by atoms with E-state index in [1.54, 1.807) is 25.1 Å². The highest BCUT2D eigenvalue weighted by molar-refractivity contribution is 6.21. The number of imide groups is 1. The number of nitrogens with two attached hydrogens (primary N) is 1. The third kappa shape index (κ3) is 1.85. The molecule has 7 nitrogen and oxygen atoms in total. The first-order valence-electron chi connectivity index (χ1n) is 5.90. The minimum Gasteiger partial charge on any atom is -0.383 e. The molecule has 1 aliphatic rings. The average Bonchev–Trinajstić information content (AvgIpc) is 2.70. The molecule has 20 heavy (non-hydrogen) atoms. The Kier molecular flexibility index (Phi) is 2.60. The summed E-state index contributed by atoms with van der Waals surface area (Å²) in [5.41, 5.74) is 7.79. The van der Waals surface area contributed by atoms with Gasteiger partial charge in [-0.15, -0.1) is 0 Å². The van der Waals surface area contributed by atoms with Crippen LogP contribution in [0.25, 0.3) is 0 Å². The maximum Gasteiger partial charge on any atom is 0.259 e. The lowest BCUT2D eigenvalue weighted by Gasteiger charge is -2.09. The molecule has 0 spiro atoms. The van der Waals surface area contributed by atoms with E-state index in [1.165, 1.54) is 6.33 Å². The standard InChI is InChI=1S/C13H11N5O2/c1-6-10(14)15-5-16-11(6)17-7-2-3-8-9(4-7)13(20)18-12(8)19/h2-5H,1H3,(H,18,19,20)(H3,14,15,16,17). The number of nitrogens with one attached hydrogen (secondary N) is 2. The Hall–Kier alpha value is -2.96. The second-order valence-electron chi connectivity index (χ2n) is 4.40. The summed E-state index contributed by atoms with van der Waals surface area (Å²) >= 11 is 0.